The number of aromatic nitrogens is 1. The number of nitrogens with one attached hydrogen (secondary N) is 1. The van der Waals surface area contributed by atoms with E-state index >= 15 is 0 Å². The first-order valence-electron chi connectivity index (χ1n) is 6.44. The Morgan fingerprint density at radius 2 is 1.94 bits per heavy atom. The lowest BCUT2D eigenvalue weighted by Crippen LogP contribution is -2.30. The van der Waals surface area contributed by atoms with Crippen molar-refractivity contribution in [3.05, 3.63) is 18.3 Å². The van der Waals surface area contributed by atoms with E-state index in [1.165, 1.54) is 19.3 Å². The van der Waals surface area contributed by atoms with Crippen molar-refractivity contribution >= 4 is 5.82 Å². The van der Waals surface area contributed by atoms with Gasteiger partial charge in [-0.25, -0.2) is 4.98 Å². The van der Waals surface area contributed by atoms with Crippen molar-refractivity contribution in [1.29, 1.82) is 0 Å². The molecular formula is C14H22N2O. The Hall–Kier alpha value is -1.25. The molecule has 2 unspecified atom stereocenters. The van der Waals surface area contributed by atoms with Gasteiger partial charge in [-0.05, 0) is 43.2 Å². The molecule has 0 spiro atoms. The van der Waals surface area contributed by atoms with Crippen LogP contribution in [0.3, 0.4) is 0 Å². The predicted octanol–water partition coefficient (Wildman–Crippen LogP) is 3.33. The molecule has 1 aromatic rings. The number of methoxy groups -OCH3 is 1. The van der Waals surface area contributed by atoms with Crippen LogP contribution < -0.4 is 10.1 Å². The Morgan fingerprint density at radius 1 is 1.24 bits per heavy atom. The molecule has 2 atom stereocenters. The average molecular weight is 234 g/mol. The fraction of sp³-hybridized carbons (Fsp3) is 0.643. The van der Waals surface area contributed by atoms with Gasteiger partial charge in [0, 0.05) is 12.2 Å². The van der Waals surface area contributed by atoms with E-state index in [0.29, 0.717) is 6.04 Å². The van der Waals surface area contributed by atoms with Crippen LogP contribution in [0.5, 0.6) is 5.75 Å². The first-order chi connectivity index (χ1) is 8.19. The molecule has 0 radical (unpaired) electrons. The van der Waals surface area contributed by atoms with Gasteiger partial charge in [-0.15, -0.1) is 0 Å². The minimum atomic E-state index is 0.526. The van der Waals surface area contributed by atoms with Crippen molar-refractivity contribution in [2.45, 2.75) is 39.2 Å². The maximum atomic E-state index is 5.32. The van der Waals surface area contributed by atoms with Crippen LogP contribution in [0.1, 0.15) is 33.1 Å². The largest absolute Gasteiger partial charge is 0.493 e. The number of ether oxygens (including phenoxy) is 1. The molecule has 1 N–H and O–H groups in total. The quantitative estimate of drug-likeness (QED) is 0.871. The van der Waals surface area contributed by atoms with E-state index in [-0.39, 0.29) is 0 Å². The van der Waals surface area contributed by atoms with Crippen molar-refractivity contribution in [2.75, 3.05) is 12.4 Å². The number of anilines is 1. The molecule has 1 heterocycles. The molecule has 1 saturated carbocycles. The zero-order valence-corrected chi connectivity index (χ0v) is 10.9. The van der Waals surface area contributed by atoms with E-state index in [2.05, 4.69) is 24.1 Å². The van der Waals surface area contributed by atoms with Gasteiger partial charge in [0.1, 0.15) is 0 Å². The summed E-state index contributed by atoms with van der Waals surface area (Å²) in [4.78, 5) is 4.36. The normalized spacial score (nSPS) is 28.8. The van der Waals surface area contributed by atoms with Gasteiger partial charge in [0.25, 0.3) is 0 Å². The second-order valence-electron chi connectivity index (χ2n) is 5.31. The topological polar surface area (TPSA) is 34.1 Å². The summed E-state index contributed by atoms with van der Waals surface area (Å²) in [6.45, 7) is 4.67. The molecule has 3 heteroatoms. The zero-order valence-electron chi connectivity index (χ0n) is 10.9. The van der Waals surface area contributed by atoms with E-state index in [9.17, 15) is 0 Å². The van der Waals surface area contributed by atoms with E-state index in [0.717, 1.165) is 23.4 Å². The van der Waals surface area contributed by atoms with Gasteiger partial charge < -0.3 is 10.1 Å². The second-order valence-corrected chi connectivity index (χ2v) is 5.31. The second kappa shape index (κ2) is 5.39. The third-order valence-electron chi connectivity index (χ3n) is 3.51. The molecule has 17 heavy (non-hydrogen) atoms. The maximum Gasteiger partial charge on any atom is 0.168 e. The average Bonchev–Trinajstić information content (AvgIpc) is 2.28. The number of hydrogen-bond acceptors (Lipinski definition) is 3. The monoisotopic (exact) mass is 234 g/mol. The standard InChI is InChI=1S/C14H22N2O/c1-10-7-11(2)9-12(8-10)16-14-13(17-3)5-4-6-15-14/h4-6,10-12H,7-9H2,1-3H3,(H,15,16). The molecule has 1 aliphatic carbocycles. The summed E-state index contributed by atoms with van der Waals surface area (Å²) in [6.07, 6.45) is 5.60. The summed E-state index contributed by atoms with van der Waals surface area (Å²) in [5.74, 6) is 3.30. The fourth-order valence-corrected chi connectivity index (χ4v) is 2.92. The summed E-state index contributed by atoms with van der Waals surface area (Å²) >= 11 is 0. The predicted molar refractivity (Wildman–Crippen MR) is 70.4 cm³/mol. The Balaban J connectivity index is 2.04. The number of hydrogen-bond donors (Lipinski definition) is 1. The molecule has 2 rings (SSSR count). The molecule has 0 aliphatic heterocycles. The fourth-order valence-electron chi connectivity index (χ4n) is 2.92. The highest BCUT2D eigenvalue weighted by Crippen LogP contribution is 2.31. The molecule has 94 valence electrons. The molecule has 0 amide bonds. The van der Waals surface area contributed by atoms with Gasteiger partial charge in [0.15, 0.2) is 11.6 Å². The van der Waals surface area contributed by atoms with Gasteiger partial charge in [0.05, 0.1) is 7.11 Å². The molecule has 1 fully saturated rings. The van der Waals surface area contributed by atoms with Gasteiger partial charge in [0.2, 0.25) is 0 Å². The minimum absolute atomic E-state index is 0.526. The number of rotatable bonds is 3. The molecule has 1 aromatic heterocycles. The molecule has 0 saturated heterocycles. The number of nitrogens with zero attached hydrogens (tertiary/aromatic N) is 1. The van der Waals surface area contributed by atoms with Crippen molar-refractivity contribution in [1.82, 2.24) is 4.98 Å². The van der Waals surface area contributed by atoms with Crippen molar-refractivity contribution < 1.29 is 4.74 Å². The maximum absolute atomic E-state index is 5.32. The molecule has 0 bridgehead atoms. The first-order valence-corrected chi connectivity index (χ1v) is 6.44. The summed E-state index contributed by atoms with van der Waals surface area (Å²) < 4.78 is 5.32. The van der Waals surface area contributed by atoms with Gasteiger partial charge >= 0.3 is 0 Å². The van der Waals surface area contributed by atoms with Crippen LogP contribution >= 0.6 is 0 Å². The highest BCUT2D eigenvalue weighted by Gasteiger charge is 2.24. The summed E-state index contributed by atoms with van der Waals surface area (Å²) in [5.41, 5.74) is 0. The lowest BCUT2D eigenvalue weighted by Gasteiger charge is -2.32. The van der Waals surface area contributed by atoms with Crippen LogP contribution in [-0.4, -0.2) is 18.1 Å². The summed E-state index contributed by atoms with van der Waals surface area (Å²) in [5, 5.41) is 3.53. The van der Waals surface area contributed by atoms with Crippen LogP contribution in [-0.2, 0) is 0 Å². The lowest BCUT2D eigenvalue weighted by molar-refractivity contribution is 0.280. The van der Waals surface area contributed by atoms with Gasteiger partial charge in [-0.1, -0.05) is 13.8 Å². The zero-order chi connectivity index (χ0) is 12.3. The van der Waals surface area contributed by atoms with Gasteiger partial charge in [-0.2, -0.15) is 0 Å². The highest BCUT2D eigenvalue weighted by molar-refractivity contribution is 5.50. The van der Waals surface area contributed by atoms with E-state index in [1.807, 2.05) is 12.1 Å². The van der Waals surface area contributed by atoms with Crippen LogP contribution in [0.15, 0.2) is 18.3 Å². The smallest absolute Gasteiger partial charge is 0.168 e. The Bertz CT molecular complexity index is 357. The van der Waals surface area contributed by atoms with Gasteiger partial charge in [-0.3, -0.25) is 0 Å². The SMILES string of the molecule is COc1cccnc1NC1CC(C)CC(C)C1. The van der Waals surface area contributed by atoms with E-state index in [1.54, 1.807) is 13.3 Å². The van der Waals surface area contributed by atoms with Crippen molar-refractivity contribution in [2.24, 2.45) is 11.8 Å². The molecule has 3 nitrogen and oxygen atoms in total. The van der Waals surface area contributed by atoms with Crippen LogP contribution in [0.2, 0.25) is 0 Å². The van der Waals surface area contributed by atoms with Crippen LogP contribution in [0.25, 0.3) is 0 Å². The Kier molecular flexibility index (Phi) is 3.87. The minimum Gasteiger partial charge on any atom is -0.493 e. The Morgan fingerprint density at radius 3 is 2.59 bits per heavy atom. The molecule has 0 aromatic carbocycles. The number of pyridine rings is 1. The van der Waals surface area contributed by atoms with Crippen LogP contribution in [0, 0.1) is 11.8 Å². The summed E-state index contributed by atoms with van der Waals surface area (Å²) in [7, 11) is 1.69. The highest BCUT2D eigenvalue weighted by atomic mass is 16.5. The first kappa shape index (κ1) is 12.2. The molecule has 1 aliphatic rings. The Labute approximate surface area is 104 Å². The van der Waals surface area contributed by atoms with E-state index < -0.39 is 0 Å². The molecular weight excluding hydrogens is 212 g/mol. The third kappa shape index (κ3) is 3.11. The lowest BCUT2D eigenvalue weighted by atomic mass is 9.80. The summed E-state index contributed by atoms with van der Waals surface area (Å²) in [6, 6.07) is 4.37. The van der Waals surface area contributed by atoms with Crippen molar-refractivity contribution in [3.63, 3.8) is 0 Å². The van der Waals surface area contributed by atoms with E-state index in [4.69, 9.17) is 4.74 Å². The van der Waals surface area contributed by atoms with Crippen molar-refractivity contribution in [3.8, 4) is 5.75 Å². The van der Waals surface area contributed by atoms with Crippen LogP contribution in [0.4, 0.5) is 5.82 Å². The third-order valence-corrected chi connectivity index (χ3v) is 3.51.